The normalized spacial score (nSPS) is 22.8. The molecule has 0 unspecified atom stereocenters. The first-order valence-corrected chi connectivity index (χ1v) is 23.6. The summed E-state index contributed by atoms with van der Waals surface area (Å²) in [4.78, 5) is 64.5. The Labute approximate surface area is 386 Å². The van der Waals surface area contributed by atoms with Crippen molar-refractivity contribution in [2.75, 3.05) is 25.5 Å². The summed E-state index contributed by atoms with van der Waals surface area (Å²) in [6.07, 6.45) is 15.2. The van der Waals surface area contributed by atoms with Gasteiger partial charge in [-0.2, -0.15) is 8.42 Å². The Morgan fingerprint density at radius 2 is 1.61 bits per heavy atom. The molecule has 17 heteroatoms. The topological polar surface area (TPSA) is 204 Å². The Kier molecular flexibility index (Phi) is 14.2. The Bertz CT molecular complexity index is 2640. The van der Waals surface area contributed by atoms with E-state index in [9.17, 15) is 27.6 Å². The number of fused-ring (bicyclic) bond motifs is 1. The Hall–Kier alpha value is -6.75. The lowest BCUT2D eigenvalue weighted by molar-refractivity contribution is -0.135. The first kappa shape index (κ1) is 47.2. The molecule has 0 radical (unpaired) electrons. The zero-order valence-corrected chi connectivity index (χ0v) is 39.0. The van der Waals surface area contributed by atoms with E-state index in [4.69, 9.17) is 14.5 Å². The molecular formula is C49H58N8O8S. The van der Waals surface area contributed by atoms with E-state index in [-0.39, 0.29) is 28.6 Å². The Morgan fingerprint density at radius 3 is 2.30 bits per heavy atom. The minimum absolute atomic E-state index is 0.0163. The number of allylic oxidation sites excluding steroid dienone is 9. The molecule has 348 valence electrons. The number of hydrogen-bond acceptors (Lipinski definition) is 10. The molecule has 0 bridgehead atoms. The number of nitrogens with zero attached hydrogens (tertiary/aromatic N) is 4. The maximum atomic E-state index is 14.3. The number of benzene rings is 2. The van der Waals surface area contributed by atoms with Gasteiger partial charge in [0.25, 0.3) is 15.9 Å². The lowest BCUT2D eigenvalue weighted by Gasteiger charge is -2.32. The van der Waals surface area contributed by atoms with Crippen molar-refractivity contribution in [1.82, 2.24) is 30.4 Å². The number of likely N-dealkylation sites (tertiary alicyclic amines) is 2. The van der Waals surface area contributed by atoms with Gasteiger partial charge in [0, 0.05) is 13.1 Å². The third-order valence-electron chi connectivity index (χ3n) is 11.7. The van der Waals surface area contributed by atoms with Gasteiger partial charge in [0.15, 0.2) is 0 Å². The summed E-state index contributed by atoms with van der Waals surface area (Å²) in [7, 11) is -2.88. The van der Waals surface area contributed by atoms with Crippen LogP contribution in [0, 0.1) is 5.92 Å². The first-order valence-electron chi connectivity index (χ1n) is 22.2. The number of rotatable bonds is 10. The van der Waals surface area contributed by atoms with Gasteiger partial charge in [0.2, 0.25) is 5.91 Å². The van der Waals surface area contributed by atoms with Crippen LogP contribution in [0.5, 0.6) is 0 Å². The van der Waals surface area contributed by atoms with Crippen molar-refractivity contribution in [3.63, 3.8) is 0 Å². The second-order valence-electron chi connectivity index (χ2n) is 18.0. The van der Waals surface area contributed by atoms with Crippen molar-refractivity contribution in [2.24, 2.45) is 10.3 Å². The second-order valence-corrected chi connectivity index (χ2v) is 19.6. The lowest BCUT2D eigenvalue weighted by Crippen LogP contribution is -2.51. The highest BCUT2D eigenvalue weighted by atomic mass is 32.2. The van der Waals surface area contributed by atoms with Crippen LogP contribution in [0.25, 0.3) is 11.1 Å². The zero-order valence-electron chi connectivity index (χ0n) is 38.2. The summed E-state index contributed by atoms with van der Waals surface area (Å²) >= 11 is 0. The second kappa shape index (κ2) is 19.8. The number of nitrogens with one attached hydrogen (secondary N) is 4. The summed E-state index contributed by atoms with van der Waals surface area (Å²) in [6.45, 7) is 14.1. The van der Waals surface area contributed by atoms with Crippen LogP contribution in [-0.4, -0.2) is 95.9 Å². The molecule has 1 aromatic heterocycles. The van der Waals surface area contributed by atoms with E-state index in [1.54, 1.807) is 73.2 Å². The van der Waals surface area contributed by atoms with Crippen LogP contribution in [0.1, 0.15) is 101 Å². The predicted octanol–water partition coefficient (Wildman–Crippen LogP) is 7.76. The number of hydrogen-bond donors (Lipinski definition) is 4. The monoisotopic (exact) mass is 918 g/mol. The molecule has 3 aliphatic heterocycles. The molecule has 0 spiro atoms. The summed E-state index contributed by atoms with van der Waals surface area (Å²) in [5.74, 6) is 0.0355. The SMILES string of the molecule is C=C1/C=C\C(c2ccc3c(c2)NC([C@@H]2CCCN2C(=O)[C@H](NC(=O)OC(C)(C)C)c2ccccc2)=NS3(=O)=O)=C/C/C=C\C(c2cnc([C@@H]3CCCN3C(=O)[C@@H](NC(=O)OC)C(C)C)[nH]2)=C/1. The average Bonchev–Trinajstić information content (AvgIpc) is 4.07. The number of carbonyl (C=O) groups excluding carboxylic acids is 4. The summed E-state index contributed by atoms with van der Waals surface area (Å²) in [5, 5.41) is 8.69. The molecule has 4 heterocycles. The van der Waals surface area contributed by atoms with Crippen LogP contribution in [0.4, 0.5) is 15.3 Å². The van der Waals surface area contributed by atoms with E-state index in [2.05, 4.69) is 31.9 Å². The van der Waals surface area contributed by atoms with Crippen molar-refractivity contribution >= 4 is 56.7 Å². The number of carbonyl (C=O) groups is 4. The average molecular weight is 919 g/mol. The van der Waals surface area contributed by atoms with E-state index in [0.717, 1.165) is 35.2 Å². The predicted molar refractivity (Wildman–Crippen MR) is 252 cm³/mol. The number of amides is 4. The maximum Gasteiger partial charge on any atom is 0.408 e. The molecule has 7 rings (SSSR count). The van der Waals surface area contributed by atoms with Gasteiger partial charge in [-0.25, -0.2) is 14.6 Å². The van der Waals surface area contributed by atoms with Gasteiger partial charge in [-0.05, 0) is 105 Å². The number of ether oxygens (including phenoxy) is 2. The van der Waals surface area contributed by atoms with Gasteiger partial charge in [0.1, 0.15) is 34.2 Å². The van der Waals surface area contributed by atoms with Gasteiger partial charge >= 0.3 is 12.2 Å². The highest BCUT2D eigenvalue weighted by Crippen LogP contribution is 2.36. The fourth-order valence-corrected chi connectivity index (χ4v) is 9.69. The fourth-order valence-electron chi connectivity index (χ4n) is 8.53. The first-order chi connectivity index (χ1) is 31.4. The Morgan fingerprint density at radius 1 is 0.894 bits per heavy atom. The molecule has 66 heavy (non-hydrogen) atoms. The molecule has 4 atom stereocenters. The van der Waals surface area contributed by atoms with Gasteiger partial charge < -0.3 is 40.2 Å². The van der Waals surface area contributed by atoms with Crippen LogP contribution in [0.2, 0.25) is 0 Å². The van der Waals surface area contributed by atoms with Gasteiger partial charge in [0.05, 0.1) is 36.8 Å². The zero-order chi connectivity index (χ0) is 47.3. The number of amidine groups is 1. The van der Waals surface area contributed by atoms with Crippen LogP contribution < -0.4 is 16.0 Å². The number of anilines is 1. The number of H-pyrrole nitrogens is 1. The van der Waals surface area contributed by atoms with Crippen molar-refractivity contribution in [2.45, 2.75) is 101 Å². The summed E-state index contributed by atoms with van der Waals surface area (Å²) in [6, 6.07) is 11.1. The standard InChI is InChI=1S/C49H58N8O8S/c1-30(2)41(53-47(60)64-7)45(58)56-25-13-19-38(56)43-50-29-37(52-43)35-18-12-11-15-32(22-21-31(3)27-35)34-23-24-40-36(28-34)51-44(55-66(40,62)63)39-20-14-26-57(39)46(59)42(33-16-9-8-10-17-33)54-48(61)65-49(4,5)6/h8-10,12,15-18,21-24,27-30,38-39,41-42H,3,11,13-14,19-20,25-26H2,1-2,4-7H3,(H,50,52)(H,51,55)(H,53,60)(H,54,61)/b18-12-,22-21-,32-15+,35-27+/t38-,39-,41-,42+/m0/s1. The number of aromatic amines is 1. The molecule has 4 N–H and O–H groups in total. The highest BCUT2D eigenvalue weighted by Gasteiger charge is 2.41. The Balaban J connectivity index is 1.07. The molecule has 0 saturated carbocycles. The van der Waals surface area contributed by atoms with E-state index in [1.165, 1.54) is 13.2 Å². The molecule has 16 nitrogen and oxygen atoms in total. The summed E-state index contributed by atoms with van der Waals surface area (Å²) < 4.78 is 41.9. The number of imidazole rings is 1. The quantitative estimate of drug-likeness (QED) is 0.156. The molecule has 4 amide bonds. The van der Waals surface area contributed by atoms with Gasteiger partial charge in [-0.3, -0.25) is 9.59 Å². The van der Waals surface area contributed by atoms with Gasteiger partial charge in [-0.1, -0.05) is 87.2 Å². The van der Waals surface area contributed by atoms with Crippen molar-refractivity contribution in [3.8, 4) is 0 Å². The van der Waals surface area contributed by atoms with E-state index >= 15 is 0 Å². The van der Waals surface area contributed by atoms with Crippen molar-refractivity contribution in [3.05, 3.63) is 126 Å². The van der Waals surface area contributed by atoms with Crippen LogP contribution >= 0.6 is 0 Å². The van der Waals surface area contributed by atoms with Gasteiger partial charge in [-0.15, -0.1) is 4.40 Å². The maximum absolute atomic E-state index is 14.3. The molecule has 2 aromatic carbocycles. The number of aromatic nitrogens is 2. The summed E-state index contributed by atoms with van der Waals surface area (Å²) in [5.41, 5.74) is 3.97. The van der Waals surface area contributed by atoms with E-state index in [0.29, 0.717) is 55.0 Å². The third-order valence-corrected chi connectivity index (χ3v) is 13.1. The van der Waals surface area contributed by atoms with Crippen LogP contribution in [0.15, 0.2) is 113 Å². The lowest BCUT2D eigenvalue weighted by atomic mass is 10.00. The number of alkyl carbamates (subject to hydrolysis) is 2. The minimum atomic E-state index is -4.15. The molecule has 3 aromatic rings. The molecule has 2 fully saturated rings. The molecule has 2 saturated heterocycles. The van der Waals surface area contributed by atoms with Crippen molar-refractivity contribution in [1.29, 1.82) is 0 Å². The van der Waals surface area contributed by atoms with Crippen molar-refractivity contribution < 1.29 is 37.1 Å². The largest absolute Gasteiger partial charge is 0.453 e. The van der Waals surface area contributed by atoms with Crippen LogP contribution in [-0.2, 0) is 29.1 Å². The third kappa shape index (κ3) is 10.8. The smallest absolute Gasteiger partial charge is 0.408 e. The minimum Gasteiger partial charge on any atom is -0.453 e. The molecule has 4 aliphatic rings. The fraction of sp³-hybridized carbons (Fsp3) is 0.388. The number of methoxy groups -OCH3 is 1. The molecule has 1 aliphatic carbocycles. The van der Waals surface area contributed by atoms with E-state index < -0.39 is 51.8 Å². The molecular weight excluding hydrogens is 861 g/mol. The highest BCUT2D eigenvalue weighted by molar-refractivity contribution is 7.90. The number of sulfonamides is 1. The van der Waals surface area contributed by atoms with E-state index in [1.807, 2.05) is 56.4 Å². The van der Waals surface area contributed by atoms with Crippen LogP contribution in [0.3, 0.4) is 0 Å².